The predicted molar refractivity (Wildman–Crippen MR) is 63.4 cm³/mol. The molecule has 0 amide bonds. The lowest BCUT2D eigenvalue weighted by molar-refractivity contribution is -0.116. The van der Waals surface area contributed by atoms with Crippen molar-refractivity contribution in [2.45, 2.75) is 26.7 Å². The van der Waals surface area contributed by atoms with E-state index in [-0.39, 0.29) is 5.78 Å². The van der Waals surface area contributed by atoms with Crippen LogP contribution in [0.2, 0.25) is 0 Å². The fourth-order valence-corrected chi connectivity index (χ4v) is 1.74. The number of aryl methyl sites for hydroxylation is 2. The molecule has 0 aliphatic rings. The lowest BCUT2D eigenvalue weighted by Crippen LogP contribution is -1.95. The first kappa shape index (κ1) is 11.4. The van der Waals surface area contributed by atoms with Crippen molar-refractivity contribution in [3.05, 3.63) is 29.3 Å². The number of carbonyl (C=O) groups is 1. The highest BCUT2D eigenvalue weighted by atomic mass is 16.1. The molecule has 17 heavy (non-hydrogen) atoms. The summed E-state index contributed by atoms with van der Waals surface area (Å²) in [6, 6.07) is 6.08. The highest BCUT2D eigenvalue weighted by Gasteiger charge is 2.06. The van der Waals surface area contributed by atoms with E-state index in [1.165, 1.54) is 0 Å². The minimum atomic E-state index is 0.201. The number of ketones is 1. The van der Waals surface area contributed by atoms with Crippen molar-refractivity contribution < 1.29 is 4.79 Å². The minimum absolute atomic E-state index is 0.201. The molecule has 0 spiro atoms. The molecule has 1 N–H and O–H groups in total. The molecule has 0 aliphatic carbocycles. The molecule has 0 saturated heterocycles. The van der Waals surface area contributed by atoms with Crippen LogP contribution < -0.4 is 0 Å². The van der Waals surface area contributed by atoms with Gasteiger partial charge in [-0.2, -0.15) is 5.21 Å². The molecule has 2 rings (SSSR count). The smallest absolute Gasteiger partial charge is 0.204 e. The van der Waals surface area contributed by atoms with Gasteiger partial charge in [-0.05, 0) is 43.2 Å². The van der Waals surface area contributed by atoms with E-state index in [4.69, 9.17) is 0 Å². The first-order chi connectivity index (χ1) is 8.15. The van der Waals surface area contributed by atoms with Gasteiger partial charge in [0, 0.05) is 12.0 Å². The van der Waals surface area contributed by atoms with Gasteiger partial charge in [0.15, 0.2) is 0 Å². The lowest BCUT2D eigenvalue weighted by atomic mass is 10.0. The van der Waals surface area contributed by atoms with Gasteiger partial charge >= 0.3 is 0 Å². The van der Waals surface area contributed by atoms with Crippen molar-refractivity contribution in [1.29, 1.82) is 0 Å². The van der Waals surface area contributed by atoms with Crippen molar-refractivity contribution in [3.8, 4) is 11.4 Å². The zero-order valence-corrected chi connectivity index (χ0v) is 9.90. The summed E-state index contributed by atoms with van der Waals surface area (Å²) in [6.07, 6.45) is 1.32. The molecule has 1 heterocycles. The van der Waals surface area contributed by atoms with E-state index in [0.29, 0.717) is 12.2 Å². The van der Waals surface area contributed by atoms with Gasteiger partial charge in [0.2, 0.25) is 5.82 Å². The van der Waals surface area contributed by atoms with Gasteiger partial charge in [-0.1, -0.05) is 11.6 Å². The highest BCUT2D eigenvalue weighted by molar-refractivity contribution is 5.75. The fraction of sp³-hybridized carbons (Fsp3) is 0.333. The van der Waals surface area contributed by atoms with Crippen molar-refractivity contribution in [2.75, 3.05) is 0 Å². The number of rotatable bonds is 4. The Bertz CT molecular complexity index is 519. The molecule has 0 atom stereocenters. The quantitative estimate of drug-likeness (QED) is 0.867. The van der Waals surface area contributed by atoms with E-state index in [2.05, 4.69) is 26.7 Å². The van der Waals surface area contributed by atoms with Crippen LogP contribution in [0.1, 0.15) is 24.5 Å². The summed E-state index contributed by atoms with van der Waals surface area (Å²) in [5.41, 5.74) is 3.18. The Kier molecular flexibility index (Phi) is 3.27. The average molecular weight is 230 g/mol. The number of Topliss-reactive ketones (excluding diaryl/α,β-unsaturated/α-hetero) is 1. The molecule has 2 aromatic rings. The standard InChI is InChI=1S/C12H14N4O/c1-8-5-10(4-3-9(2)17)7-11(6-8)12-13-15-16-14-12/h5-7H,3-4H2,1-2H3,(H,13,14,15,16). The first-order valence-electron chi connectivity index (χ1n) is 5.49. The summed E-state index contributed by atoms with van der Waals surface area (Å²) in [5, 5.41) is 13.9. The van der Waals surface area contributed by atoms with Crippen molar-refractivity contribution in [1.82, 2.24) is 20.6 Å². The number of hydrogen-bond acceptors (Lipinski definition) is 4. The van der Waals surface area contributed by atoms with Crippen LogP contribution in [0, 0.1) is 6.92 Å². The number of H-pyrrole nitrogens is 1. The van der Waals surface area contributed by atoms with E-state index in [0.717, 1.165) is 23.1 Å². The molecule has 88 valence electrons. The molecule has 1 aromatic heterocycles. The first-order valence-corrected chi connectivity index (χ1v) is 5.49. The Hall–Kier alpha value is -2.04. The van der Waals surface area contributed by atoms with Gasteiger partial charge in [-0.3, -0.25) is 0 Å². The summed E-state index contributed by atoms with van der Waals surface area (Å²) >= 11 is 0. The Labute approximate surface area is 99.2 Å². The van der Waals surface area contributed by atoms with Crippen LogP contribution in [-0.2, 0) is 11.2 Å². The third kappa shape index (κ3) is 2.96. The van der Waals surface area contributed by atoms with E-state index >= 15 is 0 Å². The fourth-order valence-electron chi connectivity index (χ4n) is 1.74. The Morgan fingerprint density at radius 2 is 2.18 bits per heavy atom. The van der Waals surface area contributed by atoms with Crippen LogP contribution in [0.4, 0.5) is 0 Å². The summed E-state index contributed by atoms with van der Waals surface area (Å²) in [6.45, 7) is 3.62. The number of tetrazole rings is 1. The lowest BCUT2D eigenvalue weighted by Gasteiger charge is -2.04. The van der Waals surface area contributed by atoms with Gasteiger partial charge in [-0.15, -0.1) is 10.2 Å². The molecule has 1 aromatic carbocycles. The van der Waals surface area contributed by atoms with Gasteiger partial charge in [-0.25, -0.2) is 0 Å². The van der Waals surface area contributed by atoms with Crippen molar-refractivity contribution in [2.24, 2.45) is 0 Å². The summed E-state index contributed by atoms with van der Waals surface area (Å²) < 4.78 is 0. The van der Waals surface area contributed by atoms with Crippen LogP contribution in [0.15, 0.2) is 18.2 Å². The van der Waals surface area contributed by atoms with Gasteiger partial charge in [0.25, 0.3) is 0 Å². The van der Waals surface area contributed by atoms with Crippen molar-refractivity contribution in [3.63, 3.8) is 0 Å². The van der Waals surface area contributed by atoms with Crippen LogP contribution >= 0.6 is 0 Å². The van der Waals surface area contributed by atoms with Crippen LogP contribution in [0.25, 0.3) is 11.4 Å². The third-order valence-corrected chi connectivity index (χ3v) is 2.51. The summed E-state index contributed by atoms with van der Waals surface area (Å²) in [7, 11) is 0. The molecule has 0 aliphatic heterocycles. The minimum Gasteiger partial charge on any atom is -0.300 e. The Morgan fingerprint density at radius 3 is 2.82 bits per heavy atom. The maximum Gasteiger partial charge on any atom is 0.204 e. The molecule has 0 fully saturated rings. The van der Waals surface area contributed by atoms with E-state index in [1.54, 1.807) is 6.92 Å². The van der Waals surface area contributed by atoms with Crippen LogP contribution in [0.5, 0.6) is 0 Å². The summed E-state index contributed by atoms with van der Waals surface area (Å²) in [5.74, 6) is 0.783. The second-order valence-electron chi connectivity index (χ2n) is 4.14. The van der Waals surface area contributed by atoms with E-state index < -0.39 is 0 Å². The van der Waals surface area contributed by atoms with Gasteiger partial charge in [0.1, 0.15) is 5.78 Å². The van der Waals surface area contributed by atoms with Crippen LogP contribution in [0.3, 0.4) is 0 Å². The summed E-state index contributed by atoms with van der Waals surface area (Å²) in [4.78, 5) is 11.0. The number of aromatic nitrogens is 4. The molecule has 0 radical (unpaired) electrons. The number of nitrogens with zero attached hydrogens (tertiary/aromatic N) is 3. The maximum absolute atomic E-state index is 11.0. The molecular weight excluding hydrogens is 216 g/mol. The Balaban J connectivity index is 2.26. The monoisotopic (exact) mass is 230 g/mol. The molecule has 5 nitrogen and oxygen atoms in total. The van der Waals surface area contributed by atoms with Gasteiger partial charge < -0.3 is 4.79 Å². The third-order valence-electron chi connectivity index (χ3n) is 2.51. The predicted octanol–water partition coefficient (Wildman–Crippen LogP) is 1.70. The molecule has 5 heteroatoms. The molecule has 0 bridgehead atoms. The Morgan fingerprint density at radius 1 is 1.35 bits per heavy atom. The van der Waals surface area contributed by atoms with Crippen LogP contribution in [-0.4, -0.2) is 26.4 Å². The zero-order chi connectivity index (χ0) is 12.3. The second kappa shape index (κ2) is 4.86. The number of nitrogens with one attached hydrogen (secondary N) is 1. The number of benzene rings is 1. The van der Waals surface area contributed by atoms with Gasteiger partial charge in [0.05, 0.1) is 0 Å². The topological polar surface area (TPSA) is 71.5 Å². The van der Waals surface area contributed by atoms with E-state index in [9.17, 15) is 4.79 Å². The normalized spacial score (nSPS) is 10.5. The van der Waals surface area contributed by atoms with E-state index in [1.807, 2.05) is 19.1 Å². The largest absolute Gasteiger partial charge is 0.300 e. The maximum atomic E-state index is 11.0. The second-order valence-corrected chi connectivity index (χ2v) is 4.14. The SMILES string of the molecule is CC(=O)CCc1cc(C)cc(-c2nn[nH]n2)c1. The molecular formula is C12H14N4O. The number of hydrogen-bond donors (Lipinski definition) is 1. The average Bonchev–Trinajstić information content (AvgIpc) is 2.79. The number of aromatic amines is 1. The number of carbonyl (C=O) groups excluding carboxylic acids is 1. The molecule has 0 unspecified atom stereocenters. The molecule has 0 saturated carbocycles. The van der Waals surface area contributed by atoms with Crippen molar-refractivity contribution >= 4 is 5.78 Å². The zero-order valence-electron chi connectivity index (χ0n) is 9.90. The highest BCUT2D eigenvalue weighted by Crippen LogP contribution is 2.18.